The number of hydrazine groups is 1. The van der Waals surface area contributed by atoms with Gasteiger partial charge in [0.25, 0.3) is 0 Å². The zero-order valence-corrected chi connectivity index (χ0v) is 11.9. The number of nitrogens with one attached hydrogen (secondary N) is 1. The molecule has 112 valence electrons. The van der Waals surface area contributed by atoms with Gasteiger partial charge in [0.2, 0.25) is 5.91 Å². The quantitative estimate of drug-likeness (QED) is 0.434. The maximum Gasteiger partial charge on any atom is 0.239 e. The Morgan fingerprint density at radius 2 is 2.00 bits per heavy atom. The summed E-state index contributed by atoms with van der Waals surface area (Å²) in [6.45, 7) is 1.85. The molecule has 0 aliphatic carbocycles. The largest absolute Gasteiger partial charge is 0.294 e. The topological polar surface area (TPSA) is 85.3 Å². The molecular formula is C15H14FN5O. The summed E-state index contributed by atoms with van der Waals surface area (Å²) in [6.07, 6.45) is 0.0286. The van der Waals surface area contributed by atoms with E-state index in [4.69, 9.17) is 5.84 Å². The van der Waals surface area contributed by atoms with Crippen molar-refractivity contribution in [2.45, 2.75) is 13.3 Å². The first-order valence-electron chi connectivity index (χ1n) is 6.69. The van der Waals surface area contributed by atoms with Gasteiger partial charge in [0.15, 0.2) is 5.65 Å². The number of hydrogen-bond donors (Lipinski definition) is 2. The van der Waals surface area contributed by atoms with E-state index in [-0.39, 0.29) is 18.1 Å². The molecule has 1 aromatic carbocycles. The fourth-order valence-corrected chi connectivity index (χ4v) is 2.27. The number of aryl methyl sites for hydroxylation is 1. The Morgan fingerprint density at radius 3 is 2.68 bits per heavy atom. The highest BCUT2D eigenvalue weighted by atomic mass is 19.1. The third-order valence-corrected chi connectivity index (χ3v) is 3.31. The van der Waals surface area contributed by atoms with Crippen LogP contribution >= 0.6 is 0 Å². The standard InChI is InChI=1S/C15H14FN5O/c1-9-2-7-13-18-15(10-3-5-11(16)6-4-10)12(21(13)20-9)8-14(22)19-17/h2-7H,8,17H2,1H3,(H,19,22). The maximum atomic E-state index is 13.1. The molecule has 7 heteroatoms. The van der Waals surface area contributed by atoms with Crippen LogP contribution in [0.4, 0.5) is 4.39 Å². The van der Waals surface area contributed by atoms with E-state index in [1.54, 1.807) is 16.6 Å². The molecule has 0 aliphatic heterocycles. The number of nitrogens with two attached hydrogens (primary N) is 1. The monoisotopic (exact) mass is 299 g/mol. The average Bonchev–Trinajstić information content (AvgIpc) is 2.86. The smallest absolute Gasteiger partial charge is 0.239 e. The van der Waals surface area contributed by atoms with Gasteiger partial charge in [-0.25, -0.2) is 19.7 Å². The number of imidazole rings is 1. The summed E-state index contributed by atoms with van der Waals surface area (Å²) in [7, 11) is 0. The minimum Gasteiger partial charge on any atom is -0.294 e. The molecule has 0 radical (unpaired) electrons. The lowest BCUT2D eigenvalue weighted by Gasteiger charge is -2.04. The Hall–Kier alpha value is -2.80. The third-order valence-electron chi connectivity index (χ3n) is 3.31. The summed E-state index contributed by atoms with van der Waals surface area (Å²) in [5.74, 6) is 4.49. The van der Waals surface area contributed by atoms with E-state index in [1.807, 2.05) is 19.1 Å². The summed E-state index contributed by atoms with van der Waals surface area (Å²) in [4.78, 5) is 16.2. The van der Waals surface area contributed by atoms with Crippen LogP contribution in [0.2, 0.25) is 0 Å². The molecule has 0 unspecified atom stereocenters. The summed E-state index contributed by atoms with van der Waals surface area (Å²) in [5.41, 5.74) is 5.42. The Kier molecular flexibility index (Phi) is 3.56. The van der Waals surface area contributed by atoms with E-state index >= 15 is 0 Å². The second kappa shape index (κ2) is 5.53. The minimum atomic E-state index is -0.353. The van der Waals surface area contributed by atoms with Crippen molar-refractivity contribution in [2.24, 2.45) is 5.84 Å². The van der Waals surface area contributed by atoms with Gasteiger partial charge in [-0.05, 0) is 43.3 Å². The zero-order chi connectivity index (χ0) is 15.7. The zero-order valence-electron chi connectivity index (χ0n) is 11.9. The highest BCUT2D eigenvalue weighted by Crippen LogP contribution is 2.24. The molecule has 0 aliphatic rings. The van der Waals surface area contributed by atoms with Crippen LogP contribution in [0.15, 0.2) is 36.4 Å². The highest BCUT2D eigenvalue weighted by molar-refractivity contribution is 5.80. The number of hydrogen-bond acceptors (Lipinski definition) is 4. The lowest BCUT2D eigenvalue weighted by molar-refractivity contribution is -0.120. The first-order chi connectivity index (χ1) is 10.6. The number of carbonyl (C=O) groups is 1. The van der Waals surface area contributed by atoms with Gasteiger partial charge in [-0.15, -0.1) is 0 Å². The number of carbonyl (C=O) groups excluding carboxylic acids is 1. The van der Waals surface area contributed by atoms with E-state index in [0.29, 0.717) is 22.6 Å². The molecule has 0 spiro atoms. The van der Waals surface area contributed by atoms with Crippen molar-refractivity contribution in [3.05, 3.63) is 53.6 Å². The molecule has 0 saturated carbocycles. The van der Waals surface area contributed by atoms with Crippen molar-refractivity contribution in [1.82, 2.24) is 20.0 Å². The van der Waals surface area contributed by atoms with Crippen LogP contribution in [0, 0.1) is 12.7 Å². The molecule has 1 amide bonds. The van der Waals surface area contributed by atoms with Gasteiger partial charge >= 0.3 is 0 Å². The fourth-order valence-electron chi connectivity index (χ4n) is 2.27. The normalized spacial score (nSPS) is 10.9. The van der Waals surface area contributed by atoms with Gasteiger partial charge in [0, 0.05) is 5.56 Å². The maximum absolute atomic E-state index is 13.1. The summed E-state index contributed by atoms with van der Waals surface area (Å²) < 4.78 is 14.7. The molecule has 3 aromatic rings. The highest BCUT2D eigenvalue weighted by Gasteiger charge is 2.17. The first kappa shape index (κ1) is 14.2. The van der Waals surface area contributed by atoms with Gasteiger partial charge in [-0.2, -0.15) is 5.10 Å². The van der Waals surface area contributed by atoms with Crippen LogP contribution in [-0.4, -0.2) is 20.5 Å². The molecule has 3 rings (SSSR count). The van der Waals surface area contributed by atoms with E-state index in [1.165, 1.54) is 12.1 Å². The molecule has 6 nitrogen and oxygen atoms in total. The lowest BCUT2D eigenvalue weighted by atomic mass is 10.1. The van der Waals surface area contributed by atoms with Crippen molar-refractivity contribution in [3.8, 4) is 11.3 Å². The van der Waals surface area contributed by atoms with Crippen molar-refractivity contribution >= 4 is 11.6 Å². The summed E-state index contributed by atoms with van der Waals surface area (Å²) in [5, 5.41) is 4.39. The van der Waals surface area contributed by atoms with Gasteiger partial charge in [-0.3, -0.25) is 10.2 Å². The SMILES string of the molecule is Cc1ccc2nc(-c3ccc(F)cc3)c(CC(=O)NN)n2n1. The predicted octanol–water partition coefficient (Wildman–Crippen LogP) is 1.38. The van der Waals surface area contributed by atoms with Crippen LogP contribution in [0.25, 0.3) is 16.9 Å². The molecule has 0 atom stereocenters. The van der Waals surface area contributed by atoms with Crippen molar-refractivity contribution in [1.29, 1.82) is 0 Å². The van der Waals surface area contributed by atoms with Crippen LogP contribution in [0.5, 0.6) is 0 Å². The van der Waals surface area contributed by atoms with Crippen LogP contribution in [-0.2, 0) is 11.2 Å². The number of fused-ring (bicyclic) bond motifs is 1. The van der Waals surface area contributed by atoms with Crippen molar-refractivity contribution in [3.63, 3.8) is 0 Å². The number of benzene rings is 1. The third kappa shape index (κ3) is 2.53. The molecular weight excluding hydrogens is 285 g/mol. The second-order valence-corrected chi connectivity index (χ2v) is 4.90. The van der Waals surface area contributed by atoms with Crippen LogP contribution in [0.3, 0.4) is 0 Å². The van der Waals surface area contributed by atoms with Gasteiger partial charge in [0.1, 0.15) is 5.82 Å². The number of aromatic nitrogens is 3. The predicted molar refractivity (Wildman–Crippen MR) is 79.2 cm³/mol. The van der Waals surface area contributed by atoms with E-state index < -0.39 is 0 Å². The van der Waals surface area contributed by atoms with E-state index in [9.17, 15) is 9.18 Å². The van der Waals surface area contributed by atoms with Crippen LogP contribution < -0.4 is 11.3 Å². The summed E-state index contributed by atoms with van der Waals surface area (Å²) >= 11 is 0. The van der Waals surface area contributed by atoms with E-state index in [2.05, 4.69) is 15.5 Å². The van der Waals surface area contributed by atoms with Gasteiger partial charge in [-0.1, -0.05) is 0 Å². The molecule has 2 aromatic heterocycles. The molecule has 2 heterocycles. The fraction of sp³-hybridized carbons (Fsp3) is 0.133. The van der Waals surface area contributed by atoms with Gasteiger partial charge < -0.3 is 0 Å². The summed E-state index contributed by atoms with van der Waals surface area (Å²) in [6, 6.07) is 9.60. The van der Waals surface area contributed by atoms with E-state index in [0.717, 1.165) is 5.69 Å². The molecule has 0 saturated heterocycles. The average molecular weight is 299 g/mol. The Labute approximate surface area is 125 Å². The molecule has 0 fully saturated rings. The Morgan fingerprint density at radius 1 is 1.27 bits per heavy atom. The number of rotatable bonds is 3. The molecule has 0 bridgehead atoms. The Balaban J connectivity index is 2.21. The van der Waals surface area contributed by atoms with Crippen molar-refractivity contribution in [2.75, 3.05) is 0 Å². The van der Waals surface area contributed by atoms with Crippen molar-refractivity contribution < 1.29 is 9.18 Å². The van der Waals surface area contributed by atoms with Crippen LogP contribution in [0.1, 0.15) is 11.4 Å². The number of nitrogens with zero attached hydrogens (tertiary/aromatic N) is 3. The first-order valence-corrected chi connectivity index (χ1v) is 6.69. The second-order valence-electron chi connectivity index (χ2n) is 4.90. The van der Waals surface area contributed by atoms with Gasteiger partial charge in [0.05, 0.1) is 23.5 Å². The number of halogens is 1. The Bertz CT molecular complexity index is 841. The lowest BCUT2D eigenvalue weighted by Crippen LogP contribution is -2.32. The molecule has 22 heavy (non-hydrogen) atoms. The minimum absolute atomic E-state index is 0.0286. The molecule has 3 N–H and O–H groups in total. The number of amides is 1.